The molecule has 0 fully saturated rings. The van der Waals surface area contributed by atoms with Crippen LogP contribution in [0.3, 0.4) is 0 Å². The van der Waals surface area contributed by atoms with Crippen molar-refractivity contribution in [2.75, 3.05) is 11.9 Å². The van der Waals surface area contributed by atoms with Gasteiger partial charge in [-0.15, -0.1) is 0 Å². The highest BCUT2D eigenvalue weighted by molar-refractivity contribution is 5.89. The molecule has 0 radical (unpaired) electrons. The lowest BCUT2D eigenvalue weighted by atomic mass is 9.88. The summed E-state index contributed by atoms with van der Waals surface area (Å²) in [5.41, 5.74) is 10.5. The lowest BCUT2D eigenvalue weighted by molar-refractivity contribution is -0.108. The van der Waals surface area contributed by atoms with Gasteiger partial charge in [0.25, 0.3) is 0 Å². The second kappa shape index (κ2) is 11.4. The van der Waals surface area contributed by atoms with E-state index in [9.17, 15) is 18.4 Å². The number of nitrogens with one attached hydrogen (secondary N) is 2. The van der Waals surface area contributed by atoms with Crippen molar-refractivity contribution >= 4 is 24.0 Å². The van der Waals surface area contributed by atoms with Crippen LogP contribution in [0, 0.1) is 25.5 Å². The van der Waals surface area contributed by atoms with Crippen molar-refractivity contribution in [1.29, 1.82) is 0 Å². The Morgan fingerprint density at radius 2 is 1.63 bits per heavy atom. The third-order valence-electron chi connectivity index (χ3n) is 6.41. The summed E-state index contributed by atoms with van der Waals surface area (Å²) in [5, 5.41) is 5.71. The van der Waals surface area contributed by atoms with Crippen molar-refractivity contribution in [3.63, 3.8) is 0 Å². The topological polar surface area (TPSA) is 99.8 Å². The largest absolute Gasteiger partial charge is 0.370 e. The van der Waals surface area contributed by atoms with E-state index in [1.165, 1.54) is 12.1 Å². The summed E-state index contributed by atoms with van der Waals surface area (Å²) in [5.74, 6) is -1.08. The Labute approximate surface area is 220 Å². The number of urea groups is 1. The maximum absolute atomic E-state index is 13.7. The second-order valence-electron chi connectivity index (χ2n) is 9.88. The molecule has 1 heterocycles. The minimum atomic E-state index is -0.890. The van der Waals surface area contributed by atoms with Crippen LogP contribution in [-0.4, -0.2) is 35.3 Å². The Balaban J connectivity index is 1.34. The van der Waals surface area contributed by atoms with Gasteiger partial charge in [0, 0.05) is 44.2 Å². The van der Waals surface area contributed by atoms with Crippen molar-refractivity contribution in [2.24, 2.45) is 10.7 Å². The summed E-state index contributed by atoms with van der Waals surface area (Å²) in [4.78, 5) is 30.1. The zero-order valence-electron chi connectivity index (χ0n) is 21.4. The van der Waals surface area contributed by atoms with Crippen molar-refractivity contribution in [3.8, 4) is 0 Å². The zero-order chi connectivity index (χ0) is 27.3. The normalized spacial score (nSPS) is 16.7. The SMILES string of the molecule is Cc1cc(C)cc(NC(=O)NCc2ccc(CN3CC(CC=O)(Cc4cc(F)cc(F)c4)N=C3N)cc2)c1. The number of rotatable bonds is 9. The van der Waals surface area contributed by atoms with E-state index in [1.807, 2.05) is 61.2 Å². The summed E-state index contributed by atoms with van der Waals surface area (Å²) in [6, 6.07) is 16.6. The first-order chi connectivity index (χ1) is 18.1. The molecule has 1 atom stereocenters. The van der Waals surface area contributed by atoms with E-state index in [1.54, 1.807) is 0 Å². The average molecular weight is 520 g/mol. The Kier molecular flexibility index (Phi) is 8.05. The smallest absolute Gasteiger partial charge is 0.319 e. The van der Waals surface area contributed by atoms with Crippen LogP contribution < -0.4 is 16.4 Å². The maximum atomic E-state index is 13.7. The maximum Gasteiger partial charge on any atom is 0.319 e. The highest BCUT2D eigenvalue weighted by atomic mass is 19.1. The van der Waals surface area contributed by atoms with Crippen LogP contribution in [0.2, 0.25) is 0 Å². The molecule has 2 amide bonds. The van der Waals surface area contributed by atoms with Crippen LogP contribution in [0.4, 0.5) is 19.3 Å². The molecule has 0 saturated carbocycles. The number of carbonyl (C=O) groups is 2. The highest BCUT2D eigenvalue weighted by Crippen LogP contribution is 2.29. The van der Waals surface area contributed by atoms with E-state index in [-0.39, 0.29) is 24.8 Å². The molecule has 198 valence electrons. The Bertz CT molecular complexity index is 1320. The van der Waals surface area contributed by atoms with Gasteiger partial charge in [-0.3, -0.25) is 0 Å². The molecule has 0 bridgehead atoms. The summed E-state index contributed by atoms with van der Waals surface area (Å²) in [7, 11) is 0. The predicted molar refractivity (Wildman–Crippen MR) is 144 cm³/mol. The summed E-state index contributed by atoms with van der Waals surface area (Å²) >= 11 is 0. The Morgan fingerprint density at radius 3 is 2.26 bits per heavy atom. The van der Waals surface area contributed by atoms with Gasteiger partial charge in [0.05, 0.1) is 5.54 Å². The molecule has 0 aliphatic carbocycles. The predicted octanol–water partition coefficient (Wildman–Crippen LogP) is 4.60. The molecule has 1 aliphatic rings. The van der Waals surface area contributed by atoms with E-state index in [2.05, 4.69) is 15.6 Å². The first-order valence-corrected chi connectivity index (χ1v) is 12.3. The van der Waals surface area contributed by atoms with Crippen molar-refractivity contribution in [1.82, 2.24) is 10.2 Å². The van der Waals surface area contributed by atoms with E-state index >= 15 is 0 Å². The number of nitrogens with zero attached hydrogens (tertiary/aromatic N) is 2. The highest BCUT2D eigenvalue weighted by Gasteiger charge is 2.38. The molecule has 3 aromatic carbocycles. The molecule has 9 heteroatoms. The fraction of sp³-hybridized carbons (Fsp3) is 0.276. The van der Waals surface area contributed by atoms with Crippen LogP contribution >= 0.6 is 0 Å². The van der Waals surface area contributed by atoms with Crippen molar-refractivity contribution in [3.05, 3.63) is 100 Å². The van der Waals surface area contributed by atoms with Gasteiger partial charge < -0.3 is 26.1 Å². The van der Waals surface area contributed by atoms with Crippen LogP contribution in [0.15, 0.2) is 65.7 Å². The number of nitrogens with two attached hydrogens (primary N) is 1. The quantitative estimate of drug-likeness (QED) is 0.360. The van der Waals surface area contributed by atoms with E-state index in [0.717, 1.165) is 40.3 Å². The molecule has 1 aliphatic heterocycles. The van der Waals surface area contributed by atoms with Crippen LogP contribution in [0.25, 0.3) is 0 Å². The molecule has 38 heavy (non-hydrogen) atoms. The van der Waals surface area contributed by atoms with E-state index in [4.69, 9.17) is 5.73 Å². The minimum Gasteiger partial charge on any atom is -0.370 e. The number of guanidine groups is 1. The molecular formula is C29H31F2N5O2. The third-order valence-corrected chi connectivity index (χ3v) is 6.41. The van der Waals surface area contributed by atoms with Crippen molar-refractivity contribution < 1.29 is 18.4 Å². The molecule has 3 aromatic rings. The van der Waals surface area contributed by atoms with Gasteiger partial charge in [-0.1, -0.05) is 30.3 Å². The van der Waals surface area contributed by atoms with Gasteiger partial charge in [-0.05, 0) is 65.9 Å². The molecule has 1 unspecified atom stereocenters. The van der Waals surface area contributed by atoms with Crippen LogP contribution in [-0.2, 0) is 24.3 Å². The number of anilines is 1. The molecular weight excluding hydrogens is 488 g/mol. The number of aldehydes is 1. The monoisotopic (exact) mass is 519 g/mol. The molecule has 0 spiro atoms. The van der Waals surface area contributed by atoms with Gasteiger partial charge in [0.15, 0.2) is 5.96 Å². The zero-order valence-corrected chi connectivity index (χ0v) is 21.4. The van der Waals surface area contributed by atoms with E-state index < -0.39 is 17.2 Å². The summed E-state index contributed by atoms with van der Waals surface area (Å²) in [6.45, 7) is 5.11. The molecule has 0 aromatic heterocycles. The van der Waals surface area contributed by atoms with Gasteiger partial charge >= 0.3 is 6.03 Å². The number of benzene rings is 3. The number of aryl methyl sites for hydroxylation is 2. The molecule has 0 saturated heterocycles. The lowest BCUT2D eigenvalue weighted by Gasteiger charge is -2.26. The fourth-order valence-corrected chi connectivity index (χ4v) is 4.84. The first-order valence-electron chi connectivity index (χ1n) is 12.3. The standard InChI is InChI=1S/C29H31F2N5O2/c1-19-9-20(2)11-26(10-19)34-28(38)33-16-21-3-5-22(6-4-21)17-36-18-29(7-8-37,35-27(36)32)15-23-12-24(30)14-25(31)13-23/h3-6,8-14H,7,15-18H2,1-2H3,(H2,32,35)(H2,33,34,38). The van der Waals surface area contributed by atoms with Gasteiger partial charge in [-0.2, -0.15) is 0 Å². The second-order valence-corrected chi connectivity index (χ2v) is 9.88. The number of amides is 2. The first kappa shape index (κ1) is 26.8. The van der Waals surface area contributed by atoms with Crippen molar-refractivity contribution in [2.45, 2.75) is 45.3 Å². The van der Waals surface area contributed by atoms with Crippen LogP contribution in [0.5, 0.6) is 0 Å². The number of aliphatic imine (C=N–C) groups is 1. The van der Waals surface area contributed by atoms with Crippen LogP contribution in [0.1, 0.15) is 34.2 Å². The Morgan fingerprint density at radius 1 is 1.00 bits per heavy atom. The summed E-state index contributed by atoms with van der Waals surface area (Å²) in [6.07, 6.45) is 1.03. The molecule has 7 nitrogen and oxygen atoms in total. The third kappa shape index (κ3) is 6.94. The average Bonchev–Trinajstić information content (AvgIpc) is 3.11. The number of hydrogen-bond donors (Lipinski definition) is 3. The minimum absolute atomic E-state index is 0.0805. The number of carbonyl (C=O) groups excluding carboxylic acids is 2. The number of halogens is 2. The molecule has 4 N–H and O–H groups in total. The molecule has 4 rings (SSSR count). The van der Waals surface area contributed by atoms with Gasteiger partial charge in [0.1, 0.15) is 17.9 Å². The van der Waals surface area contributed by atoms with Gasteiger partial charge in [-0.25, -0.2) is 18.6 Å². The number of hydrogen-bond acceptors (Lipinski definition) is 5. The lowest BCUT2D eigenvalue weighted by Crippen LogP contribution is -2.39. The van der Waals surface area contributed by atoms with E-state index in [0.29, 0.717) is 25.2 Å². The summed E-state index contributed by atoms with van der Waals surface area (Å²) < 4.78 is 27.4. The Hall–Kier alpha value is -4.27. The van der Waals surface area contributed by atoms with Gasteiger partial charge in [0.2, 0.25) is 0 Å². The fourth-order valence-electron chi connectivity index (χ4n) is 4.84.